The number of para-hydroxylation sites is 1. The number of fused-ring (bicyclic) bond motifs is 1. The maximum absolute atomic E-state index is 6.02. The van der Waals surface area contributed by atoms with Crippen molar-refractivity contribution in [2.75, 3.05) is 13.7 Å². The Balaban J connectivity index is 1.67. The summed E-state index contributed by atoms with van der Waals surface area (Å²) in [5.74, 6) is 0.825. The molecule has 0 saturated carbocycles. The highest BCUT2D eigenvalue weighted by Crippen LogP contribution is 2.35. The van der Waals surface area contributed by atoms with Gasteiger partial charge in [0, 0.05) is 30.8 Å². The average molecular weight is 417 g/mol. The maximum atomic E-state index is 6.02. The molecule has 0 aliphatic rings. The minimum absolute atomic E-state index is 0.684. The number of hydrogen-bond acceptors (Lipinski definition) is 6. The number of rotatable bonds is 7. The molecule has 2 heterocycles. The van der Waals surface area contributed by atoms with Crippen molar-refractivity contribution < 1.29 is 4.74 Å². The van der Waals surface area contributed by atoms with E-state index in [1.807, 2.05) is 42.5 Å². The molecule has 0 aliphatic carbocycles. The molecule has 0 saturated heterocycles. The molecule has 138 valence electrons. The minimum atomic E-state index is 0.684. The van der Waals surface area contributed by atoms with E-state index in [0.717, 1.165) is 39.4 Å². The third-order valence-corrected chi connectivity index (χ3v) is 6.34. The molecule has 2 aromatic heterocycles. The van der Waals surface area contributed by atoms with Gasteiger partial charge in [-0.1, -0.05) is 23.7 Å². The summed E-state index contributed by atoms with van der Waals surface area (Å²) in [6, 6.07) is 15.8. The Bertz CT molecular complexity index is 1010. The van der Waals surface area contributed by atoms with Gasteiger partial charge in [0.05, 0.1) is 10.2 Å². The first-order chi connectivity index (χ1) is 13.2. The quantitative estimate of drug-likeness (QED) is 0.378. The van der Waals surface area contributed by atoms with Crippen LogP contribution >= 0.6 is 34.7 Å². The molecule has 0 spiro atoms. The third-order valence-electron chi connectivity index (χ3n) is 4.00. The molecule has 8 heteroatoms. The van der Waals surface area contributed by atoms with Crippen LogP contribution < -0.4 is 0 Å². The summed E-state index contributed by atoms with van der Waals surface area (Å²) in [4.78, 5) is 4.70. The molecule has 5 nitrogen and oxygen atoms in total. The molecule has 0 unspecified atom stereocenters. The van der Waals surface area contributed by atoms with Crippen molar-refractivity contribution in [2.45, 2.75) is 22.5 Å². The number of halogens is 1. The number of methoxy groups -OCH3 is 1. The summed E-state index contributed by atoms with van der Waals surface area (Å²) < 4.78 is 9.46. The molecule has 27 heavy (non-hydrogen) atoms. The van der Waals surface area contributed by atoms with Crippen molar-refractivity contribution in [2.24, 2.45) is 0 Å². The highest BCUT2D eigenvalue weighted by Gasteiger charge is 2.16. The second-order valence-corrected chi connectivity index (χ2v) is 8.54. The van der Waals surface area contributed by atoms with Crippen LogP contribution in [-0.4, -0.2) is 33.5 Å². The van der Waals surface area contributed by atoms with Crippen molar-refractivity contribution in [1.82, 2.24) is 19.7 Å². The molecule has 0 radical (unpaired) electrons. The second-order valence-electron chi connectivity index (χ2n) is 5.86. The van der Waals surface area contributed by atoms with Gasteiger partial charge in [-0.2, -0.15) is 0 Å². The van der Waals surface area contributed by atoms with Gasteiger partial charge in [-0.3, -0.25) is 0 Å². The number of thiazole rings is 1. The number of nitrogens with zero attached hydrogens (tertiary/aromatic N) is 4. The molecule has 4 rings (SSSR count). The van der Waals surface area contributed by atoms with Gasteiger partial charge in [0.25, 0.3) is 0 Å². The number of aromatic nitrogens is 4. The van der Waals surface area contributed by atoms with Crippen LogP contribution in [0, 0.1) is 0 Å². The molecule has 0 bridgehead atoms. The van der Waals surface area contributed by atoms with Crippen molar-refractivity contribution >= 4 is 44.9 Å². The van der Waals surface area contributed by atoms with Crippen molar-refractivity contribution in [3.63, 3.8) is 0 Å². The lowest BCUT2D eigenvalue weighted by atomic mass is 10.2. The summed E-state index contributed by atoms with van der Waals surface area (Å²) in [5, 5.41) is 10.4. The second kappa shape index (κ2) is 8.39. The zero-order valence-electron chi connectivity index (χ0n) is 14.6. The van der Waals surface area contributed by atoms with Crippen LogP contribution in [0.5, 0.6) is 0 Å². The van der Waals surface area contributed by atoms with Crippen LogP contribution in [0.1, 0.15) is 6.42 Å². The maximum Gasteiger partial charge on any atom is 0.198 e. The van der Waals surface area contributed by atoms with E-state index in [4.69, 9.17) is 21.3 Å². The number of ether oxygens (including phenoxy) is 1. The highest BCUT2D eigenvalue weighted by atomic mass is 35.5. The monoisotopic (exact) mass is 416 g/mol. The Morgan fingerprint density at radius 2 is 1.93 bits per heavy atom. The Morgan fingerprint density at radius 1 is 1.11 bits per heavy atom. The predicted molar refractivity (Wildman–Crippen MR) is 111 cm³/mol. The molecule has 0 atom stereocenters. The van der Waals surface area contributed by atoms with E-state index in [2.05, 4.69) is 20.8 Å². The van der Waals surface area contributed by atoms with Crippen LogP contribution in [0.2, 0.25) is 5.02 Å². The van der Waals surface area contributed by atoms with Crippen LogP contribution in [0.4, 0.5) is 0 Å². The fourth-order valence-electron chi connectivity index (χ4n) is 2.72. The lowest BCUT2D eigenvalue weighted by Crippen LogP contribution is -2.05. The molecular formula is C19H17ClN4OS2. The molecule has 0 aliphatic heterocycles. The molecule has 4 aromatic rings. The van der Waals surface area contributed by atoms with Gasteiger partial charge >= 0.3 is 0 Å². The standard InChI is InChI=1S/C19H17ClN4OS2/c1-25-12-4-11-24-17(13-7-9-14(20)10-8-13)22-23-18(24)27-19-21-15-5-2-3-6-16(15)26-19/h2-3,5-10H,4,11-12H2,1H3. The lowest BCUT2D eigenvalue weighted by molar-refractivity contribution is 0.189. The Morgan fingerprint density at radius 3 is 2.70 bits per heavy atom. The first-order valence-electron chi connectivity index (χ1n) is 8.46. The summed E-state index contributed by atoms with van der Waals surface area (Å²) in [6.07, 6.45) is 0.878. The van der Waals surface area contributed by atoms with Gasteiger partial charge in [-0.15, -0.1) is 21.5 Å². The zero-order valence-corrected chi connectivity index (χ0v) is 17.0. The molecule has 0 fully saturated rings. The Labute approximate surface area is 170 Å². The smallest absolute Gasteiger partial charge is 0.198 e. The van der Waals surface area contributed by atoms with E-state index in [1.54, 1.807) is 30.2 Å². The fraction of sp³-hybridized carbons (Fsp3) is 0.211. The van der Waals surface area contributed by atoms with Gasteiger partial charge < -0.3 is 9.30 Å². The van der Waals surface area contributed by atoms with Crippen molar-refractivity contribution in [3.8, 4) is 11.4 Å². The molecule has 0 N–H and O–H groups in total. The van der Waals surface area contributed by atoms with Crippen LogP contribution in [0.3, 0.4) is 0 Å². The van der Waals surface area contributed by atoms with Gasteiger partial charge in [-0.25, -0.2) is 4.98 Å². The minimum Gasteiger partial charge on any atom is -0.385 e. The summed E-state index contributed by atoms with van der Waals surface area (Å²) in [5.41, 5.74) is 1.99. The van der Waals surface area contributed by atoms with E-state index < -0.39 is 0 Å². The van der Waals surface area contributed by atoms with Gasteiger partial charge in [0.2, 0.25) is 0 Å². The summed E-state index contributed by atoms with van der Waals surface area (Å²) in [6.45, 7) is 1.45. The largest absolute Gasteiger partial charge is 0.385 e. The normalized spacial score (nSPS) is 11.3. The van der Waals surface area contributed by atoms with Crippen LogP contribution in [0.25, 0.3) is 21.6 Å². The van der Waals surface area contributed by atoms with Crippen LogP contribution in [0.15, 0.2) is 58.0 Å². The van der Waals surface area contributed by atoms with E-state index >= 15 is 0 Å². The van der Waals surface area contributed by atoms with Crippen molar-refractivity contribution in [3.05, 3.63) is 53.6 Å². The Kier molecular flexibility index (Phi) is 5.73. The van der Waals surface area contributed by atoms with Gasteiger partial charge in [0.15, 0.2) is 15.3 Å². The SMILES string of the molecule is COCCCn1c(Sc2nc3ccccc3s2)nnc1-c1ccc(Cl)cc1. The van der Waals surface area contributed by atoms with E-state index in [0.29, 0.717) is 11.6 Å². The summed E-state index contributed by atoms with van der Waals surface area (Å²) >= 11 is 9.23. The molecular weight excluding hydrogens is 400 g/mol. The van der Waals surface area contributed by atoms with E-state index in [9.17, 15) is 0 Å². The third kappa shape index (κ3) is 4.16. The predicted octanol–water partition coefficient (Wildman–Crippen LogP) is 5.40. The highest BCUT2D eigenvalue weighted by molar-refractivity contribution is 8.01. The van der Waals surface area contributed by atoms with E-state index in [-0.39, 0.29) is 0 Å². The molecule has 2 aromatic carbocycles. The van der Waals surface area contributed by atoms with Gasteiger partial charge in [0.1, 0.15) is 0 Å². The summed E-state index contributed by atoms with van der Waals surface area (Å²) in [7, 11) is 1.71. The first kappa shape index (κ1) is 18.4. The zero-order chi connectivity index (χ0) is 18.6. The average Bonchev–Trinajstić information content (AvgIpc) is 3.27. The lowest BCUT2D eigenvalue weighted by Gasteiger charge is -2.09. The first-order valence-corrected chi connectivity index (χ1v) is 10.5. The number of benzene rings is 2. The number of hydrogen-bond donors (Lipinski definition) is 0. The fourth-order valence-corrected chi connectivity index (χ4v) is 4.87. The Hall–Kier alpha value is -1.93. The topological polar surface area (TPSA) is 52.8 Å². The van der Waals surface area contributed by atoms with Gasteiger partial charge in [-0.05, 0) is 54.6 Å². The van der Waals surface area contributed by atoms with Crippen molar-refractivity contribution in [1.29, 1.82) is 0 Å². The van der Waals surface area contributed by atoms with Crippen LogP contribution in [-0.2, 0) is 11.3 Å². The van der Waals surface area contributed by atoms with E-state index in [1.165, 1.54) is 4.70 Å². The molecule has 0 amide bonds.